The van der Waals surface area contributed by atoms with E-state index in [1.54, 1.807) is 4.68 Å². The Balaban J connectivity index is 1.63. The van der Waals surface area contributed by atoms with Gasteiger partial charge in [0.1, 0.15) is 6.04 Å². The zero-order chi connectivity index (χ0) is 22.5. The van der Waals surface area contributed by atoms with Gasteiger partial charge in [-0.25, -0.2) is 9.48 Å². The molecule has 0 radical (unpaired) electrons. The molecule has 166 valence electrons. The number of ether oxygens (including phenoxy) is 1. The number of rotatable bonds is 7. The average molecular weight is 427 g/mol. The number of carbonyl (C=O) groups excluding carboxylic acids is 3. The molecule has 1 aliphatic carbocycles. The minimum absolute atomic E-state index is 0.0525. The summed E-state index contributed by atoms with van der Waals surface area (Å²) < 4.78 is 7.01. The average Bonchev–Trinajstić information content (AvgIpc) is 3.35. The minimum Gasteiger partial charge on any atom is -0.454 e. The van der Waals surface area contributed by atoms with Crippen LogP contribution in [-0.4, -0.2) is 40.2 Å². The van der Waals surface area contributed by atoms with Crippen molar-refractivity contribution in [1.29, 1.82) is 0 Å². The van der Waals surface area contributed by atoms with Crippen molar-refractivity contribution < 1.29 is 19.1 Å². The molecule has 1 atom stereocenters. The van der Waals surface area contributed by atoms with Crippen LogP contribution in [-0.2, 0) is 19.1 Å². The van der Waals surface area contributed by atoms with Gasteiger partial charge in [-0.05, 0) is 51.7 Å². The van der Waals surface area contributed by atoms with Gasteiger partial charge in [0, 0.05) is 6.92 Å². The lowest BCUT2D eigenvalue weighted by molar-refractivity contribution is -0.152. The summed E-state index contributed by atoms with van der Waals surface area (Å²) in [6.07, 6.45) is 3.78. The standard InChI is InChI=1S/C23H30N4O4/c1-14-9-11-19(12-10-14)27-16(3)21(15(2)26-27)25-20(29)13-31-23(30)22(24-17(4)28)18-7-5-6-8-18/h9-12,18,22H,5-8,13H2,1-4H3,(H,24,28)(H,25,29). The summed E-state index contributed by atoms with van der Waals surface area (Å²) in [5.41, 5.74) is 4.09. The van der Waals surface area contributed by atoms with Crippen LogP contribution < -0.4 is 10.6 Å². The van der Waals surface area contributed by atoms with Crippen LogP contribution >= 0.6 is 0 Å². The van der Waals surface area contributed by atoms with Gasteiger partial charge in [0.2, 0.25) is 5.91 Å². The molecule has 0 bridgehead atoms. The molecule has 1 fully saturated rings. The van der Waals surface area contributed by atoms with Crippen molar-refractivity contribution in [3.63, 3.8) is 0 Å². The molecular weight excluding hydrogens is 396 g/mol. The van der Waals surface area contributed by atoms with Crippen molar-refractivity contribution in [1.82, 2.24) is 15.1 Å². The van der Waals surface area contributed by atoms with E-state index in [1.165, 1.54) is 6.92 Å². The summed E-state index contributed by atoms with van der Waals surface area (Å²) in [5.74, 6) is -1.25. The molecular formula is C23H30N4O4. The van der Waals surface area contributed by atoms with E-state index < -0.39 is 24.5 Å². The Labute approximate surface area is 182 Å². The Morgan fingerprint density at radius 3 is 2.39 bits per heavy atom. The molecule has 1 saturated carbocycles. The van der Waals surface area contributed by atoms with Gasteiger partial charge in [0.05, 0.1) is 22.8 Å². The van der Waals surface area contributed by atoms with Crippen LogP contribution in [0.3, 0.4) is 0 Å². The highest BCUT2D eigenvalue weighted by molar-refractivity contribution is 5.94. The zero-order valence-electron chi connectivity index (χ0n) is 18.5. The van der Waals surface area contributed by atoms with E-state index in [-0.39, 0.29) is 11.8 Å². The van der Waals surface area contributed by atoms with Crippen molar-refractivity contribution in [3.8, 4) is 5.69 Å². The van der Waals surface area contributed by atoms with Crippen LogP contribution in [0, 0.1) is 26.7 Å². The molecule has 1 heterocycles. The number of nitrogens with zero attached hydrogens (tertiary/aromatic N) is 2. The van der Waals surface area contributed by atoms with Crippen LogP contribution in [0.2, 0.25) is 0 Å². The number of amides is 2. The highest BCUT2D eigenvalue weighted by Crippen LogP contribution is 2.28. The maximum absolute atomic E-state index is 12.5. The van der Waals surface area contributed by atoms with Crippen LogP contribution in [0.1, 0.15) is 49.6 Å². The number of anilines is 1. The minimum atomic E-state index is -0.708. The second-order valence-corrected chi connectivity index (χ2v) is 8.17. The summed E-state index contributed by atoms with van der Waals surface area (Å²) in [6, 6.07) is 7.22. The molecule has 8 heteroatoms. The van der Waals surface area contributed by atoms with Gasteiger partial charge in [-0.15, -0.1) is 0 Å². The summed E-state index contributed by atoms with van der Waals surface area (Å²) in [5, 5.41) is 10.00. The second kappa shape index (κ2) is 9.76. The third-order valence-electron chi connectivity index (χ3n) is 5.66. The number of aromatic nitrogens is 2. The van der Waals surface area contributed by atoms with Gasteiger partial charge in [0.25, 0.3) is 5.91 Å². The molecule has 8 nitrogen and oxygen atoms in total. The molecule has 1 aliphatic rings. The van der Waals surface area contributed by atoms with Crippen molar-refractivity contribution in [2.45, 2.75) is 59.4 Å². The first-order valence-corrected chi connectivity index (χ1v) is 10.6. The van der Waals surface area contributed by atoms with Crippen LogP contribution in [0.5, 0.6) is 0 Å². The highest BCUT2D eigenvalue weighted by atomic mass is 16.5. The van der Waals surface area contributed by atoms with E-state index >= 15 is 0 Å². The lowest BCUT2D eigenvalue weighted by Crippen LogP contribution is -2.46. The molecule has 0 aliphatic heterocycles. The SMILES string of the molecule is CC(=O)NC(C(=O)OCC(=O)Nc1c(C)nn(-c2ccc(C)cc2)c1C)C1CCCC1. The first-order chi connectivity index (χ1) is 14.8. The summed E-state index contributed by atoms with van der Waals surface area (Å²) in [6.45, 7) is 6.65. The number of nitrogens with one attached hydrogen (secondary N) is 2. The van der Waals surface area contributed by atoms with Gasteiger partial charge < -0.3 is 15.4 Å². The van der Waals surface area contributed by atoms with Crippen molar-refractivity contribution >= 4 is 23.5 Å². The van der Waals surface area contributed by atoms with Gasteiger partial charge in [-0.3, -0.25) is 9.59 Å². The monoisotopic (exact) mass is 426 g/mol. The van der Waals surface area contributed by atoms with E-state index in [9.17, 15) is 14.4 Å². The van der Waals surface area contributed by atoms with E-state index in [0.29, 0.717) is 11.4 Å². The molecule has 1 aromatic heterocycles. The molecule has 3 rings (SSSR count). The van der Waals surface area contributed by atoms with E-state index in [0.717, 1.165) is 42.6 Å². The normalized spacial score (nSPS) is 14.8. The van der Waals surface area contributed by atoms with Gasteiger partial charge in [0.15, 0.2) is 6.61 Å². The molecule has 0 spiro atoms. The zero-order valence-corrected chi connectivity index (χ0v) is 18.5. The maximum atomic E-state index is 12.5. The Bertz CT molecular complexity index is 959. The maximum Gasteiger partial charge on any atom is 0.329 e. The molecule has 1 unspecified atom stereocenters. The summed E-state index contributed by atoms with van der Waals surface area (Å²) in [4.78, 5) is 36.5. The Morgan fingerprint density at radius 1 is 1.13 bits per heavy atom. The Morgan fingerprint density at radius 2 is 1.77 bits per heavy atom. The van der Waals surface area contributed by atoms with Crippen molar-refractivity contribution in [2.75, 3.05) is 11.9 Å². The van der Waals surface area contributed by atoms with E-state index in [4.69, 9.17) is 4.74 Å². The van der Waals surface area contributed by atoms with Gasteiger partial charge >= 0.3 is 5.97 Å². The summed E-state index contributed by atoms with van der Waals surface area (Å²) in [7, 11) is 0. The fourth-order valence-corrected chi connectivity index (χ4v) is 4.04. The predicted molar refractivity (Wildman–Crippen MR) is 117 cm³/mol. The number of hydrogen-bond acceptors (Lipinski definition) is 5. The van der Waals surface area contributed by atoms with E-state index in [2.05, 4.69) is 15.7 Å². The van der Waals surface area contributed by atoms with Crippen molar-refractivity contribution in [3.05, 3.63) is 41.2 Å². The van der Waals surface area contributed by atoms with E-state index in [1.807, 2.05) is 45.0 Å². The molecule has 1 aromatic carbocycles. The quantitative estimate of drug-likeness (QED) is 0.663. The summed E-state index contributed by atoms with van der Waals surface area (Å²) >= 11 is 0. The van der Waals surface area contributed by atoms with Crippen molar-refractivity contribution in [2.24, 2.45) is 5.92 Å². The van der Waals surface area contributed by atoms with Crippen LogP contribution in [0.15, 0.2) is 24.3 Å². The molecule has 2 N–H and O–H groups in total. The van der Waals surface area contributed by atoms with Gasteiger partial charge in [-0.2, -0.15) is 5.10 Å². The lowest BCUT2D eigenvalue weighted by atomic mass is 9.98. The number of carbonyl (C=O) groups is 3. The third-order valence-corrected chi connectivity index (χ3v) is 5.66. The Kier molecular flexibility index (Phi) is 7.09. The first-order valence-electron chi connectivity index (χ1n) is 10.6. The molecule has 2 amide bonds. The highest BCUT2D eigenvalue weighted by Gasteiger charge is 2.33. The molecule has 2 aromatic rings. The topological polar surface area (TPSA) is 102 Å². The van der Waals surface area contributed by atoms with Gasteiger partial charge in [-0.1, -0.05) is 30.5 Å². The van der Waals surface area contributed by atoms with Crippen LogP contribution in [0.4, 0.5) is 5.69 Å². The Hall–Kier alpha value is -3.16. The fraction of sp³-hybridized carbons (Fsp3) is 0.478. The molecule has 31 heavy (non-hydrogen) atoms. The largest absolute Gasteiger partial charge is 0.454 e. The molecule has 0 saturated heterocycles. The number of aryl methyl sites for hydroxylation is 2. The number of esters is 1. The number of hydrogen-bond donors (Lipinski definition) is 2. The predicted octanol–water partition coefficient (Wildman–Crippen LogP) is 2.97. The smallest absolute Gasteiger partial charge is 0.329 e. The fourth-order valence-electron chi connectivity index (χ4n) is 4.04. The van der Waals surface area contributed by atoms with Crippen LogP contribution in [0.25, 0.3) is 5.69 Å². The number of benzene rings is 1. The lowest BCUT2D eigenvalue weighted by Gasteiger charge is -2.22. The third kappa shape index (κ3) is 5.51. The second-order valence-electron chi connectivity index (χ2n) is 8.17. The first kappa shape index (κ1) is 22.5.